The molecule has 1 saturated heterocycles. The number of thiophene rings is 1. The molecule has 0 bridgehead atoms. The van der Waals surface area contributed by atoms with Crippen molar-refractivity contribution in [3.8, 4) is 11.5 Å². The van der Waals surface area contributed by atoms with E-state index in [4.69, 9.17) is 9.47 Å². The van der Waals surface area contributed by atoms with Gasteiger partial charge in [-0.1, -0.05) is 6.07 Å². The number of nitrogens with one attached hydrogen (secondary N) is 1. The minimum Gasteiger partial charge on any atom is -0.493 e. The summed E-state index contributed by atoms with van der Waals surface area (Å²) in [6.45, 7) is 3.23. The monoisotopic (exact) mass is 413 g/mol. The summed E-state index contributed by atoms with van der Waals surface area (Å²) < 4.78 is 10.8. The molecule has 0 spiro atoms. The third-order valence-electron chi connectivity index (χ3n) is 4.98. The van der Waals surface area contributed by atoms with Crippen LogP contribution in [0.1, 0.15) is 4.88 Å². The first-order chi connectivity index (χ1) is 14.2. The molecule has 4 rings (SSSR count). The Morgan fingerprint density at radius 1 is 1.14 bits per heavy atom. The SMILES string of the molecule is COc1cc2ncnc(N3CCN(C(=O)NCc4cccs4)CC3)c2cc1OC. The van der Waals surface area contributed by atoms with E-state index in [-0.39, 0.29) is 6.03 Å². The third-order valence-corrected chi connectivity index (χ3v) is 5.86. The van der Waals surface area contributed by atoms with Gasteiger partial charge in [0.2, 0.25) is 0 Å². The van der Waals surface area contributed by atoms with Gasteiger partial charge < -0.3 is 24.6 Å². The minimum atomic E-state index is -0.0306. The normalized spacial score (nSPS) is 14.1. The molecule has 2 aromatic heterocycles. The smallest absolute Gasteiger partial charge is 0.317 e. The second-order valence-electron chi connectivity index (χ2n) is 6.63. The molecule has 2 amide bonds. The van der Waals surface area contributed by atoms with E-state index >= 15 is 0 Å². The first kappa shape index (κ1) is 19.3. The number of nitrogens with zero attached hydrogens (tertiary/aromatic N) is 4. The van der Waals surface area contributed by atoms with Crippen LogP contribution in [0.15, 0.2) is 36.0 Å². The van der Waals surface area contributed by atoms with E-state index < -0.39 is 0 Å². The fraction of sp³-hybridized carbons (Fsp3) is 0.350. The standard InChI is InChI=1S/C20H23N5O3S/c1-27-17-10-15-16(11-18(17)28-2)22-13-23-19(15)24-5-7-25(8-6-24)20(26)21-12-14-4-3-9-29-14/h3-4,9-11,13H,5-8,12H2,1-2H3,(H,21,26). The highest BCUT2D eigenvalue weighted by molar-refractivity contribution is 7.09. The summed E-state index contributed by atoms with van der Waals surface area (Å²) in [4.78, 5) is 26.5. The molecule has 1 aliphatic heterocycles. The molecule has 1 aliphatic rings. The Kier molecular flexibility index (Phi) is 5.66. The lowest BCUT2D eigenvalue weighted by molar-refractivity contribution is 0.194. The molecule has 1 N–H and O–H groups in total. The van der Waals surface area contributed by atoms with Crippen LogP contribution in [0.4, 0.5) is 10.6 Å². The van der Waals surface area contributed by atoms with Gasteiger partial charge in [-0.3, -0.25) is 0 Å². The first-order valence-corrected chi connectivity index (χ1v) is 10.2. The number of amides is 2. The zero-order chi connectivity index (χ0) is 20.2. The summed E-state index contributed by atoms with van der Waals surface area (Å²) >= 11 is 1.64. The third kappa shape index (κ3) is 4.04. The first-order valence-electron chi connectivity index (χ1n) is 9.36. The van der Waals surface area contributed by atoms with Crippen molar-refractivity contribution in [1.29, 1.82) is 0 Å². The topological polar surface area (TPSA) is 79.8 Å². The van der Waals surface area contributed by atoms with Crippen LogP contribution < -0.4 is 19.7 Å². The van der Waals surface area contributed by atoms with E-state index in [0.717, 1.165) is 21.6 Å². The highest BCUT2D eigenvalue weighted by Gasteiger charge is 2.23. The number of carbonyl (C=O) groups is 1. The molecule has 3 aromatic rings. The fourth-order valence-corrected chi connectivity index (χ4v) is 4.08. The van der Waals surface area contributed by atoms with Crippen molar-refractivity contribution in [3.05, 3.63) is 40.8 Å². The van der Waals surface area contributed by atoms with E-state index in [2.05, 4.69) is 20.2 Å². The van der Waals surface area contributed by atoms with E-state index in [9.17, 15) is 4.79 Å². The van der Waals surface area contributed by atoms with Crippen LogP contribution in [0.2, 0.25) is 0 Å². The molecular weight excluding hydrogens is 390 g/mol. The van der Waals surface area contributed by atoms with Crippen LogP contribution in [-0.2, 0) is 6.54 Å². The summed E-state index contributed by atoms with van der Waals surface area (Å²) in [5.74, 6) is 2.12. The van der Waals surface area contributed by atoms with Gasteiger partial charge in [0.25, 0.3) is 0 Å². The number of carbonyl (C=O) groups excluding carboxylic acids is 1. The predicted octanol–water partition coefficient (Wildman–Crippen LogP) is 2.74. The molecule has 0 unspecified atom stereocenters. The Hall–Kier alpha value is -3.07. The summed E-state index contributed by atoms with van der Waals surface area (Å²) in [5.41, 5.74) is 0.795. The number of fused-ring (bicyclic) bond motifs is 1. The molecule has 152 valence electrons. The molecule has 1 fully saturated rings. The highest BCUT2D eigenvalue weighted by Crippen LogP contribution is 2.34. The Balaban J connectivity index is 1.45. The van der Waals surface area contributed by atoms with Gasteiger partial charge in [-0.15, -0.1) is 11.3 Å². The number of aromatic nitrogens is 2. The van der Waals surface area contributed by atoms with Crippen molar-refractivity contribution in [1.82, 2.24) is 20.2 Å². The van der Waals surface area contributed by atoms with E-state index in [1.807, 2.05) is 34.5 Å². The van der Waals surface area contributed by atoms with E-state index in [1.165, 1.54) is 0 Å². The van der Waals surface area contributed by atoms with Gasteiger partial charge in [-0.25, -0.2) is 14.8 Å². The summed E-state index contributed by atoms with van der Waals surface area (Å²) in [7, 11) is 3.22. The van der Waals surface area contributed by atoms with Crippen LogP contribution >= 0.6 is 11.3 Å². The van der Waals surface area contributed by atoms with Gasteiger partial charge in [0.05, 0.1) is 26.3 Å². The van der Waals surface area contributed by atoms with Gasteiger partial charge in [-0.05, 0) is 17.5 Å². The number of anilines is 1. The maximum atomic E-state index is 12.4. The predicted molar refractivity (Wildman–Crippen MR) is 113 cm³/mol. The molecule has 0 saturated carbocycles. The second-order valence-corrected chi connectivity index (χ2v) is 7.67. The Morgan fingerprint density at radius 2 is 1.90 bits per heavy atom. The van der Waals surface area contributed by atoms with Gasteiger partial charge in [0.15, 0.2) is 11.5 Å². The molecule has 1 aromatic carbocycles. The van der Waals surface area contributed by atoms with Crippen molar-refractivity contribution >= 4 is 34.1 Å². The molecule has 0 atom stereocenters. The van der Waals surface area contributed by atoms with Crippen molar-refractivity contribution in [3.63, 3.8) is 0 Å². The van der Waals surface area contributed by atoms with Gasteiger partial charge in [0, 0.05) is 42.5 Å². The largest absolute Gasteiger partial charge is 0.493 e. The lowest BCUT2D eigenvalue weighted by Crippen LogP contribution is -2.51. The molecule has 3 heterocycles. The van der Waals surface area contributed by atoms with Crippen LogP contribution in [0.25, 0.3) is 10.9 Å². The average molecular weight is 414 g/mol. The van der Waals surface area contributed by atoms with Crippen LogP contribution in [0, 0.1) is 0 Å². The van der Waals surface area contributed by atoms with Crippen LogP contribution in [-0.4, -0.2) is 61.3 Å². The van der Waals surface area contributed by atoms with Crippen molar-refractivity contribution in [2.75, 3.05) is 45.3 Å². The van der Waals surface area contributed by atoms with E-state index in [0.29, 0.717) is 44.2 Å². The van der Waals surface area contributed by atoms with Crippen molar-refractivity contribution in [2.24, 2.45) is 0 Å². The maximum Gasteiger partial charge on any atom is 0.317 e. The molecule has 0 aliphatic carbocycles. The number of methoxy groups -OCH3 is 2. The number of piperazine rings is 1. The molecule has 8 nitrogen and oxygen atoms in total. The van der Waals surface area contributed by atoms with E-state index in [1.54, 1.807) is 31.9 Å². The molecule has 29 heavy (non-hydrogen) atoms. The Morgan fingerprint density at radius 3 is 2.59 bits per heavy atom. The number of hydrogen-bond donors (Lipinski definition) is 1. The van der Waals surface area contributed by atoms with Crippen LogP contribution in [0.3, 0.4) is 0 Å². The summed E-state index contributed by atoms with van der Waals surface area (Å²) in [6, 6.07) is 7.74. The highest BCUT2D eigenvalue weighted by atomic mass is 32.1. The van der Waals surface area contributed by atoms with Crippen LogP contribution in [0.5, 0.6) is 11.5 Å². The molecule has 9 heteroatoms. The van der Waals surface area contributed by atoms with Gasteiger partial charge >= 0.3 is 6.03 Å². The number of hydrogen-bond acceptors (Lipinski definition) is 7. The number of ether oxygens (including phenoxy) is 2. The molecular formula is C20H23N5O3S. The van der Waals surface area contributed by atoms with Gasteiger partial charge in [-0.2, -0.15) is 0 Å². The van der Waals surface area contributed by atoms with Crippen molar-refractivity contribution < 1.29 is 14.3 Å². The lowest BCUT2D eigenvalue weighted by atomic mass is 10.2. The van der Waals surface area contributed by atoms with Crippen molar-refractivity contribution in [2.45, 2.75) is 6.54 Å². The lowest BCUT2D eigenvalue weighted by Gasteiger charge is -2.35. The number of benzene rings is 1. The second kappa shape index (κ2) is 8.52. The number of rotatable bonds is 5. The minimum absolute atomic E-state index is 0.0306. The van der Waals surface area contributed by atoms with Gasteiger partial charge in [0.1, 0.15) is 12.1 Å². The zero-order valence-electron chi connectivity index (χ0n) is 16.4. The Labute approximate surface area is 173 Å². The quantitative estimate of drug-likeness (QED) is 0.693. The zero-order valence-corrected chi connectivity index (χ0v) is 17.2. The molecule has 0 radical (unpaired) electrons. The number of urea groups is 1. The maximum absolute atomic E-state index is 12.4. The fourth-order valence-electron chi connectivity index (χ4n) is 3.43. The average Bonchev–Trinajstić information content (AvgIpc) is 3.30. The summed E-state index contributed by atoms with van der Waals surface area (Å²) in [5, 5.41) is 5.90. The Bertz CT molecular complexity index is 987. The summed E-state index contributed by atoms with van der Waals surface area (Å²) in [6.07, 6.45) is 1.56.